The van der Waals surface area contributed by atoms with Gasteiger partial charge in [-0.3, -0.25) is 18.6 Å². The molecule has 0 rings (SSSR count). The molecule has 10 heteroatoms. The second-order valence-electron chi connectivity index (χ2n) is 26.9. The highest BCUT2D eigenvalue weighted by Gasteiger charge is 2.26. The molecule has 2 unspecified atom stereocenters. The molecular weight excluding hydrogens is 1170 g/mol. The van der Waals surface area contributed by atoms with E-state index in [1.165, 1.54) is 289 Å². The van der Waals surface area contributed by atoms with Gasteiger partial charge in [-0.25, -0.2) is 4.57 Å². The number of phosphoric acid groups is 1. The molecule has 0 fully saturated rings. The average Bonchev–Trinajstić information content (AvgIpc) is 3.70. The Balaban J connectivity index is 3.75. The first-order valence-corrected chi connectivity index (χ1v) is 41.6. The standard InChI is InChI=1S/C83H152NO8P/c1-3-5-7-9-11-13-15-17-19-21-23-25-27-29-31-33-35-36-37-38-39-40-41-42-43-44-46-47-49-51-53-55-57-59-61-63-65-67-69-71-73-75-82(85)89-79-81(80-91-93(87,88)90-78-77-84)92-83(86)76-74-72-70-68-66-64-62-60-58-56-54-52-50-48-45-34-32-30-28-26-24-22-20-18-16-14-12-10-8-6-4-2/h6,8,12,14-15,17-18,20-21,23-24,26,30,32,81H,3-5,7,9-11,13,16,19,22,25,27-29,31,33-80,84H2,1-2H3,(H,87,88)/b8-6-,14-12-,17-15-,20-18-,23-21-,26-24-,32-30-. The van der Waals surface area contributed by atoms with Crippen LogP contribution >= 0.6 is 7.82 Å². The van der Waals surface area contributed by atoms with E-state index in [4.69, 9.17) is 24.3 Å². The normalized spacial score (nSPS) is 13.3. The summed E-state index contributed by atoms with van der Waals surface area (Å²) in [6.45, 7) is 3.68. The van der Waals surface area contributed by atoms with Gasteiger partial charge in [0.25, 0.3) is 0 Å². The molecule has 3 N–H and O–H groups in total. The first-order chi connectivity index (χ1) is 45.8. The molecule has 0 spiro atoms. The van der Waals surface area contributed by atoms with Crippen LogP contribution < -0.4 is 5.73 Å². The predicted molar refractivity (Wildman–Crippen MR) is 404 cm³/mol. The third kappa shape index (κ3) is 78.1. The first kappa shape index (κ1) is 90.2. The Morgan fingerprint density at radius 2 is 0.591 bits per heavy atom. The lowest BCUT2D eigenvalue weighted by atomic mass is 10.0. The molecule has 0 aliphatic carbocycles. The molecule has 0 bridgehead atoms. The van der Waals surface area contributed by atoms with E-state index in [0.29, 0.717) is 6.42 Å². The molecule has 0 aliphatic heterocycles. The molecule has 0 saturated carbocycles. The van der Waals surface area contributed by atoms with Crippen molar-refractivity contribution < 1.29 is 37.6 Å². The van der Waals surface area contributed by atoms with E-state index in [2.05, 4.69) is 98.9 Å². The van der Waals surface area contributed by atoms with Gasteiger partial charge in [-0.2, -0.15) is 0 Å². The van der Waals surface area contributed by atoms with Crippen molar-refractivity contribution in [3.8, 4) is 0 Å². The summed E-state index contributed by atoms with van der Waals surface area (Å²) in [7, 11) is -4.40. The summed E-state index contributed by atoms with van der Waals surface area (Å²) in [6, 6.07) is 0. The Morgan fingerprint density at radius 1 is 0.333 bits per heavy atom. The van der Waals surface area contributed by atoms with E-state index in [-0.39, 0.29) is 38.6 Å². The number of carbonyl (C=O) groups is 2. The Kier molecular flexibility index (Phi) is 75.8. The Bertz CT molecular complexity index is 1810. The Labute approximate surface area is 576 Å². The van der Waals surface area contributed by atoms with Crippen LogP contribution in [0.2, 0.25) is 0 Å². The summed E-state index contributed by atoms with van der Waals surface area (Å²) in [5.41, 5.74) is 5.41. The van der Waals surface area contributed by atoms with Crippen molar-refractivity contribution in [2.24, 2.45) is 5.73 Å². The summed E-state index contributed by atoms with van der Waals surface area (Å²) >= 11 is 0. The fourth-order valence-corrected chi connectivity index (χ4v) is 12.6. The zero-order valence-corrected chi connectivity index (χ0v) is 62.1. The zero-order chi connectivity index (χ0) is 67.2. The molecule has 0 aromatic carbocycles. The number of rotatable bonds is 76. The highest BCUT2D eigenvalue weighted by atomic mass is 31.2. The number of hydrogen-bond donors (Lipinski definition) is 2. The minimum absolute atomic E-state index is 0.0533. The van der Waals surface area contributed by atoms with E-state index in [9.17, 15) is 19.0 Å². The van der Waals surface area contributed by atoms with E-state index >= 15 is 0 Å². The number of phosphoric ester groups is 1. The lowest BCUT2D eigenvalue weighted by Crippen LogP contribution is -2.29. The van der Waals surface area contributed by atoms with Crippen LogP contribution in [0.1, 0.15) is 399 Å². The maximum Gasteiger partial charge on any atom is 0.472 e. The van der Waals surface area contributed by atoms with Crippen molar-refractivity contribution in [1.29, 1.82) is 0 Å². The number of carbonyl (C=O) groups excluding carboxylic acids is 2. The van der Waals surface area contributed by atoms with Gasteiger partial charge in [-0.1, -0.05) is 381 Å². The molecule has 0 aromatic heterocycles. The molecule has 93 heavy (non-hydrogen) atoms. The molecule has 2 atom stereocenters. The van der Waals surface area contributed by atoms with Gasteiger partial charge >= 0.3 is 19.8 Å². The minimum atomic E-state index is -4.40. The van der Waals surface area contributed by atoms with Gasteiger partial charge in [0, 0.05) is 19.4 Å². The molecule has 0 radical (unpaired) electrons. The van der Waals surface area contributed by atoms with Crippen LogP contribution in [0.15, 0.2) is 85.1 Å². The Morgan fingerprint density at radius 3 is 0.882 bits per heavy atom. The van der Waals surface area contributed by atoms with Crippen LogP contribution in [-0.2, 0) is 32.7 Å². The second kappa shape index (κ2) is 78.2. The number of esters is 2. The topological polar surface area (TPSA) is 134 Å². The van der Waals surface area contributed by atoms with Crippen molar-refractivity contribution in [2.45, 2.75) is 405 Å². The summed E-state index contributed by atoms with van der Waals surface area (Å²) in [4.78, 5) is 35.5. The first-order valence-electron chi connectivity index (χ1n) is 40.1. The van der Waals surface area contributed by atoms with Gasteiger partial charge < -0.3 is 20.1 Å². The summed E-state index contributed by atoms with van der Waals surface area (Å²) in [6.07, 6.45) is 106. The number of nitrogens with two attached hydrogens (primary N) is 1. The molecule has 0 heterocycles. The molecule has 0 saturated heterocycles. The number of unbranched alkanes of at least 4 members (excludes halogenated alkanes) is 49. The van der Waals surface area contributed by atoms with Crippen LogP contribution in [0.5, 0.6) is 0 Å². The average molecular weight is 1320 g/mol. The number of hydrogen-bond acceptors (Lipinski definition) is 8. The summed E-state index contributed by atoms with van der Waals surface area (Å²) in [5, 5.41) is 0. The third-order valence-corrected chi connectivity index (χ3v) is 18.7. The molecule has 9 nitrogen and oxygen atoms in total. The van der Waals surface area contributed by atoms with E-state index in [1.807, 2.05) is 0 Å². The molecule has 0 aliphatic rings. The Hall–Kier alpha value is -2.81. The zero-order valence-electron chi connectivity index (χ0n) is 61.2. The summed E-state index contributed by atoms with van der Waals surface area (Å²) in [5.74, 6) is -0.810. The number of ether oxygens (including phenoxy) is 2. The van der Waals surface area contributed by atoms with Gasteiger partial charge in [-0.15, -0.1) is 0 Å². The summed E-state index contributed by atoms with van der Waals surface area (Å²) < 4.78 is 33.3. The largest absolute Gasteiger partial charge is 0.472 e. The lowest BCUT2D eigenvalue weighted by Gasteiger charge is -2.19. The van der Waals surface area contributed by atoms with E-state index < -0.39 is 26.5 Å². The van der Waals surface area contributed by atoms with Crippen molar-refractivity contribution >= 4 is 19.8 Å². The predicted octanol–water partition coefficient (Wildman–Crippen LogP) is 26.9. The fraction of sp³-hybridized carbons (Fsp3) is 0.807. The second-order valence-corrected chi connectivity index (χ2v) is 28.4. The van der Waals surface area contributed by atoms with Crippen LogP contribution in [0.25, 0.3) is 0 Å². The SMILES string of the molecule is CC/C=C\C/C=C\C/C=C\C/C=C\C/C=C\CCCCCCCCCCCCCCCCCC(=O)OC(COC(=O)CCCCCCCCCCCCCCCCCCCCCCCCCCCCCCC/C=C\C/C=C\CCCCCCC)COP(=O)(O)OCCN. The minimum Gasteiger partial charge on any atom is -0.462 e. The van der Waals surface area contributed by atoms with Gasteiger partial charge in [0.1, 0.15) is 6.61 Å². The van der Waals surface area contributed by atoms with Crippen molar-refractivity contribution in [1.82, 2.24) is 0 Å². The molecule has 0 amide bonds. The maximum absolute atomic E-state index is 12.8. The lowest BCUT2D eigenvalue weighted by molar-refractivity contribution is -0.161. The van der Waals surface area contributed by atoms with Gasteiger partial charge in [0.2, 0.25) is 0 Å². The van der Waals surface area contributed by atoms with Crippen LogP contribution in [0, 0.1) is 0 Å². The van der Waals surface area contributed by atoms with Crippen molar-refractivity contribution in [3.63, 3.8) is 0 Å². The van der Waals surface area contributed by atoms with Crippen molar-refractivity contribution in [2.75, 3.05) is 26.4 Å². The van der Waals surface area contributed by atoms with Gasteiger partial charge in [0.05, 0.1) is 13.2 Å². The maximum atomic E-state index is 12.8. The monoisotopic (exact) mass is 1320 g/mol. The van der Waals surface area contributed by atoms with Gasteiger partial charge in [0.15, 0.2) is 6.10 Å². The molecular formula is C83H152NO8P. The van der Waals surface area contributed by atoms with Crippen LogP contribution in [-0.4, -0.2) is 49.3 Å². The smallest absolute Gasteiger partial charge is 0.462 e. The fourth-order valence-electron chi connectivity index (χ4n) is 11.9. The van der Waals surface area contributed by atoms with Crippen LogP contribution in [0.4, 0.5) is 0 Å². The van der Waals surface area contributed by atoms with Gasteiger partial charge in [-0.05, 0) is 89.9 Å². The third-order valence-electron chi connectivity index (χ3n) is 17.8. The molecule has 542 valence electrons. The quantitative estimate of drug-likeness (QED) is 0.0264. The molecule has 0 aromatic rings. The van der Waals surface area contributed by atoms with Crippen LogP contribution in [0.3, 0.4) is 0 Å². The van der Waals surface area contributed by atoms with E-state index in [1.54, 1.807) is 0 Å². The highest BCUT2D eigenvalue weighted by molar-refractivity contribution is 7.47. The van der Waals surface area contributed by atoms with E-state index in [0.717, 1.165) is 77.0 Å². The highest BCUT2D eigenvalue weighted by Crippen LogP contribution is 2.43. The van der Waals surface area contributed by atoms with Crippen molar-refractivity contribution in [3.05, 3.63) is 85.1 Å². The number of allylic oxidation sites excluding steroid dienone is 14.